The molecule has 0 aliphatic heterocycles. The van der Waals surface area contributed by atoms with Gasteiger partial charge in [-0.1, -0.05) is 30.3 Å². The van der Waals surface area contributed by atoms with Gasteiger partial charge in [0.15, 0.2) is 0 Å². The minimum absolute atomic E-state index is 1.11. The smallest absolute Gasteiger partial charge is 0.00488 e. The maximum atomic E-state index is 3.14. The molecule has 0 unspecified atom stereocenters. The van der Waals surface area contributed by atoms with Crippen LogP contribution in [-0.4, -0.2) is 13.6 Å². The summed E-state index contributed by atoms with van der Waals surface area (Å²) in [4.78, 5) is 0. The molecule has 0 saturated carbocycles. The van der Waals surface area contributed by atoms with Crippen molar-refractivity contribution in [2.75, 3.05) is 13.6 Å². The van der Waals surface area contributed by atoms with Crippen molar-refractivity contribution in [2.45, 2.75) is 12.8 Å². The number of hydrogen-bond donors (Lipinski definition) is 1. The zero-order chi connectivity index (χ0) is 9.94. The minimum atomic E-state index is 1.11. The van der Waals surface area contributed by atoms with Gasteiger partial charge in [0, 0.05) is 0 Å². The molecule has 1 aromatic rings. The van der Waals surface area contributed by atoms with Gasteiger partial charge in [0.1, 0.15) is 0 Å². The molecule has 0 aromatic heterocycles. The largest absolute Gasteiger partial charge is 0.320 e. The van der Waals surface area contributed by atoms with Gasteiger partial charge in [-0.15, -0.1) is 13.2 Å². The molecule has 1 heteroatoms. The summed E-state index contributed by atoms with van der Waals surface area (Å²) in [6.07, 6.45) is 2.40. The Labute approximate surface area is 81.5 Å². The summed E-state index contributed by atoms with van der Waals surface area (Å²) in [5.41, 5.74) is 1.43. The van der Waals surface area contributed by atoms with E-state index in [1.807, 2.05) is 7.05 Å². The fraction of sp³-hybridized carbons (Fsp3) is 0.333. The molecule has 1 rings (SSSR count). The van der Waals surface area contributed by atoms with Crippen molar-refractivity contribution in [3.8, 4) is 0 Å². The number of benzene rings is 1. The third-order valence-corrected chi connectivity index (χ3v) is 1.74. The molecule has 0 amide bonds. The fourth-order valence-electron chi connectivity index (χ4n) is 1.11. The molecule has 0 aliphatic carbocycles. The quantitative estimate of drug-likeness (QED) is 0.550. The highest BCUT2D eigenvalue weighted by Gasteiger charge is 1.88. The van der Waals surface area contributed by atoms with Gasteiger partial charge >= 0.3 is 0 Å². The molecule has 0 heterocycles. The van der Waals surface area contributed by atoms with Crippen molar-refractivity contribution in [2.24, 2.45) is 0 Å². The Morgan fingerprint density at radius 3 is 2.31 bits per heavy atom. The zero-order valence-electron chi connectivity index (χ0n) is 8.42. The lowest BCUT2D eigenvalue weighted by molar-refractivity contribution is 0.725. The molecule has 0 atom stereocenters. The molecule has 72 valence electrons. The molecule has 1 nitrogen and oxygen atoms in total. The van der Waals surface area contributed by atoms with Crippen molar-refractivity contribution < 1.29 is 0 Å². The molecule has 1 N–H and O–H groups in total. The molecule has 0 aliphatic rings. The number of rotatable bonds is 4. The van der Waals surface area contributed by atoms with Crippen molar-refractivity contribution >= 4 is 0 Å². The second-order valence-electron chi connectivity index (χ2n) is 2.69. The normalized spacial score (nSPS) is 8.69. The average Bonchev–Trinajstić information content (AvgIpc) is 2.23. The molecule has 1 aromatic carbocycles. The monoisotopic (exact) mass is 177 g/mol. The Kier molecular flexibility index (Phi) is 8.26. The maximum Gasteiger partial charge on any atom is -0.00488 e. The molecule has 0 fully saturated rings. The molecule has 0 spiro atoms. The third-order valence-electron chi connectivity index (χ3n) is 1.74. The van der Waals surface area contributed by atoms with Crippen molar-refractivity contribution in [1.29, 1.82) is 0 Å². The van der Waals surface area contributed by atoms with Crippen LogP contribution in [0, 0.1) is 0 Å². The van der Waals surface area contributed by atoms with Crippen LogP contribution in [0.25, 0.3) is 0 Å². The number of aryl methyl sites for hydroxylation is 1. The predicted molar refractivity (Wildman–Crippen MR) is 59.9 cm³/mol. The van der Waals surface area contributed by atoms with Gasteiger partial charge in [-0.3, -0.25) is 0 Å². The molecule has 0 saturated heterocycles. The second kappa shape index (κ2) is 9.01. The number of hydrogen-bond acceptors (Lipinski definition) is 1. The van der Waals surface area contributed by atoms with Crippen LogP contribution >= 0.6 is 0 Å². The average molecular weight is 177 g/mol. The molecule has 13 heavy (non-hydrogen) atoms. The summed E-state index contributed by atoms with van der Waals surface area (Å²) in [5.74, 6) is 0. The van der Waals surface area contributed by atoms with E-state index in [2.05, 4.69) is 48.8 Å². The van der Waals surface area contributed by atoms with Gasteiger partial charge in [0.2, 0.25) is 0 Å². The van der Waals surface area contributed by atoms with Crippen LogP contribution in [0.1, 0.15) is 12.0 Å². The van der Waals surface area contributed by atoms with Crippen LogP contribution in [-0.2, 0) is 6.42 Å². The van der Waals surface area contributed by atoms with Crippen LogP contribution in [0.3, 0.4) is 0 Å². The summed E-state index contributed by atoms with van der Waals surface area (Å²) >= 11 is 0. The molecular weight excluding hydrogens is 158 g/mol. The first-order chi connectivity index (χ1) is 6.43. The molecule has 0 bridgehead atoms. The Morgan fingerprint density at radius 1 is 1.15 bits per heavy atom. The highest BCUT2D eigenvalue weighted by molar-refractivity contribution is 5.14. The Morgan fingerprint density at radius 2 is 1.77 bits per heavy atom. The highest BCUT2D eigenvalue weighted by Crippen LogP contribution is 2.00. The Hall–Kier alpha value is -1.08. The van der Waals surface area contributed by atoms with Gasteiger partial charge < -0.3 is 5.32 Å². The third kappa shape index (κ3) is 6.12. The van der Waals surface area contributed by atoms with E-state index in [0.717, 1.165) is 6.54 Å². The lowest BCUT2D eigenvalue weighted by Gasteiger charge is -1.99. The predicted octanol–water partition coefficient (Wildman–Crippen LogP) is 2.64. The van der Waals surface area contributed by atoms with Crippen molar-refractivity contribution in [1.82, 2.24) is 5.32 Å². The molecule has 0 radical (unpaired) electrons. The summed E-state index contributed by atoms with van der Waals surface area (Å²) < 4.78 is 0. The van der Waals surface area contributed by atoms with Gasteiger partial charge in [0.05, 0.1) is 0 Å². The Bertz CT molecular complexity index is 194. The summed E-state index contributed by atoms with van der Waals surface area (Å²) in [6.45, 7) is 7.11. The highest BCUT2D eigenvalue weighted by atomic mass is 14.8. The maximum absolute atomic E-state index is 3.14. The van der Waals surface area contributed by atoms with E-state index in [1.165, 1.54) is 18.4 Å². The van der Waals surface area contributed by atoms with Gasteiger partial charge in [-0.05, 0) is 32.0 Å². The Balaban J connectivity index is 0.000000671. The van der Waals surface area contributed by atoms with E-state index in [4.69, 9.17) is 0 Å². The van der Waals surface area contributed by atoms with Gasteiger partial charge in [-0.2, -0.15) is 0 Å². The van der Waals surface area contributed by atoms with E-state index in [-0.39, 0.29) is 0 Å². The topological polar surface area (TPSA) is 12.0 Å². The molecular formula is C12H19N. The summed E-state index contributed by atoms with van der Waals surface area (Å²) in [5, 5.41) is 3.14. The summed E-state index contributed by atoms with van der Waals surface area (Å²) in [6, 6.07) is 10.6. The van der Waals surface area contributed by atoms with E-state index in [9.17, 15) is 0 Å². The minimum Gasteiger partial charge on any atom is -0.320 e. The first-order valence-electron chi connectivity index (χ1n) is 4.62. The zero-order valence-corrected chi connectivity index (χ0v) is 8.42. The first kappa shape index (κ1) is 11.9. The van der Waals surface area contributed by atoms with E-state index < -0.39 is 0 Å². The van der Waals surface area contributed by atoms with Crippen LogP contribution in [0.15, 0.2) is 43.5 Å². The lowest BCUT2D eigenvalue weighted by Crippen LogP contribution is -2.08. The van der Waals surface area contributed by atoms with Crippen molar-refractivity contribution in [3.63, 3.8) is 0 Å². The van der Waals surface area contributed by atoms with E-state index in [1.54, 1.807) is 0 Å². The van der Waals surface area contributed by atoms with Crippen LogP contribution in [0.4, 0.5) is 0 Å². The van der Waals surface area contributed by atoms with E-state index in [0.29, 0.717) is 0 Å². The fourth-order valence-corrected chi connectivity index (χ4v) is 1.11. The lowest BCUT2D eigenvalue weighted by atomic mass is 10.1. The van der Waals surface area contributed by atoms with Gasteiger partial charge in [-0.25, -0.2) is 0 Å². The van der Waals surface area contributed by atoms with E-state index >= 15 is 0 Å². The standard InChI is InChI=1S/C10H15N.C2H4/c1-11-9-5-8-10-6-3-2-4-7-10;1-2/h2-4,6-7,11H,5,8-9H2,1H3;1-2H2. The van der Waals surface area contributed by atoms with Crippen LogP contribution in [0.5, 0.6) is 0 Å². The second-order valence-corrected chi connectivity index (χ2v) is 2.69. The van der Waals surface area contributed by atoms with Crippen molar-refractivity contribution in [3.05, 3.63) is 49.1 Å². The summed E-state index contributed by atoms with van der Waals surface area (Å²) in [7, 11) is 1.99. The van der Waals surface area contributed by atoms with Gasteiger partial charge in [0.25, 0.3) is 0 Å². The SMILES string of the molecule is C=C.CNCCCc1ccccc1. The number of nitrogens with one attached hydrogen (secondary N) is 1. The van der Waals surface area contributed by atoms with Crippen LogP contribution < -0.4 is 5.32 Å². The first-order valence-corrected chi connectivity index (χ1v) is 4.62. The van der Waals surface area contributed by atoms with Crippen LogP contribution in [0.2, 0.25) is 0 Å².